The second-order valence-corrected chi connectivity index (χ2v) is 6.06. The summed E-state index contributed by atoms with van der Waals surface area (Å²) in [6.07, 6.45) is 2.28. The van der Waals surface area contributed by atoms with E-state index < -0.39 is 11.9 Å². The monoisotopic (exact) mass is 341 g/mol. The number of benzene rings is 1. The largest absolute Gasteiger partial charge is 0.481 e. The highest BCUT2D eigenvalue weighted by molar-refractivity contribution is 5.76. The molecule has 1 heterocycles. The zero-order valence-corrected chi connectivity index (χ0v) is 14.4. The van der Waals surface area contributed by atoms with Crippen molar-refractivity contribution in [3.63, 3.8) is 0 Å². The molecular formula is C19H23N3O3. The van der Waals surface area contributed by atoms with E-state index in [2.05, 4.69) is 10.3 Å². The number of pyridine rings is 1. The number of nitrogens with one attached hydrogen (secondary N) is 1. The Morgan fingerprint density at radius 3 is 2.44 bits per heavy atom. The van der Waals surface area contributed by atoms with Crippen molar-refractivity contribution in [3.8, 4) is 0 Å². The van der Waals surface area contributed by atoms with Crippen LogP contribution in [-0.4, -0.2) is 40.6 Å². The minimum absolute atomic E-state index is 0.145. The fraction of sp³-hybridized carbons (Fsp3) is 0.316. The molecule has 132 valence electrons. The predicted octanol–water partition coefficient (Wildman–Crippen LogP) is 2.73. The van der Waals surface area contributed by atoms with Crippen molar-refractivity contribution in [3.05, 3.63) is 66.0 Å². The summed E-state index contributed by atoms with van der Waals surface area (Å²) in [6.45, 7) is 1.72. The van der Waals surface area contributed by atoms with Gasteiger partial charge < -0.3 is 15.3 Å². The molecule has 6 heteroatoms. The lowest BCUT2D eigenvalue weighted by molar-refractivity contribution is -0.141. The minimum Gasteiger partial charge on any atom is -0.481 e. The fourth-order valence-corrected chi connectivity index (χ4v) is 2.50. The number of carbonyl (C=O) groups is 2. The third-order valence-electron chi connectivity index (χ3n) is 3.96. The molecule has 2 N–H and O–H groups in total. The molecule has 0 saturated heterocycles. The fourth-order valence-electron chi connectivity index (χ4n) is 2.50. The van der Waals surface area contributed by atoms with Crippen LogP contribution in [-0.2, 0) is 11.2 Å². The lowest BCUT2D eigenvalue weighted by atomic mass is 10.0. The van der Waals surface area contributed by atoms with E-state index >= 15 is 0 Å². The second-order valence-electron chi connectivity index (χ2n) is 6.06. The molecule has 1 aromatic heterocycles. The first-order chi connectivity index (χ1) is 12.0. The average molecular weight is 341 g/mol. The molecule has 2 unspecified atom stereocenters. The van der Waals surface area contributed by atoms with Crippen molar-refractivity contribution >= 4 is 12.0 Å². The summed E-state index contributed by atoms with van der Waals surface area (Å²) in [4.78, 5) is 29.2. The van der Waals surface area contributed by atoms with Gasteiger partial charge in [-0.3, -0.25) is 9.78 Å². The summed E-state index contributed by atoms with van der Waals surface area (Å²) in [5.41, 5.74) is 1.85. The molecule has 0 saturated carbocycles. The van der Waals surface area contributed by atoms with Crippen LogP contribution in [0.15, 0.2) is 54.7 Å². The van der Waals surface area contributed by atoms with Gasteiger partial charge in [0.25, 0.3) is 0 Å². The van der Waals surface area contributed by atoms with E-state index in [1.54, 1.807) is 20.2 Å². The summed E-state index contributed by atoms with van der Waals surface area (Å²) in [5.74, 6) is -1.55. The number of aromatic nitrogens is 1. The maximum absolute atomic E-state index is 12.5. The molecule has 6 nitrogen and oxygen atoms in total. The molecule has 0 bridgehead atoms. The maximum atomic E-state index is 12.5. The van der Waals surface area contributed by atoms with E-state index in [0.717, 1.165) is 11.3 Å². The first-order valence-electron chi connectivity index (χ1n) is 8.16. The Balaban J connectivity index is 2.10. The third kappa shape index (κ3) is 5.60. The lowest BCUT2D eigenvalue weighted by Gasteiger charge is -2.25. The minimum atomic E-state index is -0.923. The number of hydrogen-bond donors (Lipinski definition) is 2. The highest BCUT2D eigenvalue weighted by Crippen LogP contribution is 2.17. The van der Waals surface area contributed by atoms with Gasteiger partial charge in [0.1, 0.15) is 0 Å². The molecule has 2 aromatic rings. The Hall–Kier alpha value is -2.89. The number of urea groups is 1. The summed E-state index contributed by atoms with van der Waals surface area (Å²) < 4.78 is 0. The molecule has 0 aliphatic rings. The van der Waals surface area contributed by atoms with Gasteiger partial charge in [-0.1, -0.05) is 43.3 Å². The van der Waals surface area contributed by atoms with Crippen molar-refractivity contribution in [2.75, 3.05) is 13.6 Å². The second kappa shape index (κ2) is 8.82. The van der Waals surface area contributed by atoms with Crippen LogP contribution in [0.2, 0.25) is 0 Å². The molecule has 25 heavy (non-hydrogen) atoms. The van der Waals surface area contributed by atoms with Crippen LogP contribution in [0.1, 0.15) is 24.2 Å². The lowest BCUT2D eigenvalue weighted by Crippen LogP contribution is -2.42. The average Bonchev–Trinajstić information content (AvgIpc) is 2.62. The summed E-state index contributed by atoms with van der Waals surface area (Å²) >= 11 is 0. The van der Waals surface area contributed by atoms with Crippen molar-refractivity contribution < 1.29 is 14.7 Å². The Morgan fingerprint density at radius 1 is 1.16 bits per heavy atom. The van der Waals surface area contributed by atoms with E-state index in [1.165, 1.54) is 4.90 Å². The third-order valence-corrected chi connectivity index (χ3v) is 3.96. The van der Waals surface area contributed by atoms with Crippen molar-refractivity contribution in [2.24, 2.45) is 5.92 Å². The van der Waals surface area contributed by atoms with E-state index in [4.69, 9.17) is 5.11 Å². The van der Waals surface area contributed by atoms with Gasteiger partial charge in [-0.15, -0.1) is 0 Å². The molecule has 0 aliphatic heterocycles. The zero-order chi connectivity index (χ0) is 18.2. The number of nitrogens with zero attached hydrogens (tertiary/aromatic N) is 2. The van der Waals surface area contributed by atoms with E-state index in [0.29, 0.717) is 6.42 Å². The summed E-state index contributed by atoms with van der Waals surface area (Å²) in [7, 11) is 1.59. The van der Waals surface area contributed by atoms with E-state index in [1.807, 2.05) is 48.5 Å². The molecule has 2 amide bonds. The molecule has 0 fully saturated rings. The Kier molecular flexibility index (Phi) is 6.51. The molecule has 2 atom stereocenters. The van der Waals surface area contributed by atoms with Crippen LogP contribution < -0.4 is 5.32 Å². The maximum Gasteiger partial charge on any atom is 0.317 e. The van der Waals surface area contributed by atoms with Gasteiger partial charge >= 0.3 is 12.0 Å². The molecule has 0 radical (unpaired) electrons. The zero-order valence-electron chi connectivity index (χ0n) is 14.4. The van der Waals surface area contributed by atoms with Crippen molar-refractivity contribution in [1.82, 2.24) is 15.2 Å². The number of carboxylic acid groups (broad SMARTS) is 1. The number of carboxylic acids is 1. The van der Waals surface area contributed by atoms with Gasteiger partial charge in [-0.2, -0.15) is 0 Å². The van der Waals surface area contributed by atoms with Crippen LogP contribution >= 0.6 is 0 Å². The normalized spacial score (nSPS) is 12.9. The van der Waals surface area contributed by atoms with Crippen LogP contribution in [0.5, 0.6) is 0 Å². The quantitative estimate of drug-likeness (QED) is 0.811. The molecule has 0 aliphatic carbocycles. The van der Waals surface area contributed by atoms with Crippen LogP contribution in [0.3, 0.4) is 0 Å². The van der Waals surface area contributed by atoms with E-state index in [9.17, 15) is 9.59 Å². The Labute approximate surface area is 147 Å². The number of amides is 2. The SMILES string of the molecule is CC(CN(C)C(=O)NC(Cc1ccccn1)c1ccccc1)C(=O)O. The van der Waals surface area contributed by atoms with Crippen molar-refractivity contribution in [2.45, 2.75) is 19.4 Å². The van der Waals surface area contributed by atoms with Gasteiger partial charge in [0.05, 0.1) is 12.0 Å². The van der Waals surface area contributed by atoms with Gasteiger partial charge in [0.15, 0.2) is 0 Å². The smallest absolute Gasteiger partial charge is 0.317 e. The van der Waals surface area contributed by atoms with Crippen molar-refractivity contribution in [1.29, 1.82) is 0 Å². The number of carbonyl (C=O) groups excluding carboxylic acids is 1. The van der Waals surface area contributed by atoms with Gasteiger partial charge in [-0.25, -0.2) is 4.79 Å². The van der Waals surface area contributed by atoms with Crippen LogP contribution in [0.25, 0.3) is 0 Å². The predicted molar refractivity (Wildman–Crippen MR) is 95.1 cm³/mol. The highest BCUT2D eigenvalue weighted by Gasteiger charge is 2.21. The summed E-state index contributed by atoms with van der Waals surface area (Å²) in [5, 5.41) is 12.0. The van der Waals surface area contributed by atoms with Gasteiger partial charge in [0.2, 0.25) is 0 Å². The molecule has 2 rings (SSSR count). The van der Waals surface area contributed by atoms with Gasteiger partial charge in [-0.05, 0) is 17.7 Å². The first kappa shape index (κ1) is 18.4. The Bertz CT molecular complexity index is 692. The van der Waals surface area contributed by atoms with Gasteiger partial charge in [0, 0.05) is 31.9 Å². The molecule has 0 spiro atoms. The first-order valence-corrected chi connectivity index (χ1v) is 8.16. The summed E-state index contributed by atoms with van der Waals surface area (Å²) in [6, 6.07) is 14.8. The number of rotatable bonds is 7. The number of aliphatic carboxylic acids is 1. The standard InChI is InChI=1S/C19H23N3O3/c1-14(18(23)24)13-22(2)19(25)21-17(15-8-4-3-5-9-15)12-16-10-6-7-11-20-16/h3-11,14,17H,12-13H2,1-2H3,(H,21,25)(H,23,24). The topological polar surface area (TPSA) is 82.5 Å². The van der Waals surface area contributed by atoms with Crippen LogP contribution in [0, 0.1) is 5.92 Å². The van der Waals surface area contributed by atoms with E-state index in [-0.39, 0.29) is 18.6 Å². The van der Waals surface area contributed by atoms with Crippen LogP contribution in [0.4, 0.5) is 4.79 Å². The molecule has 1 aromatic carbocycles. The molecular weight excluding hydrogens is 318 g/mol. The Morgan fingerprint density at radius 2 is 1.84 bits per heavy atom. The highest BCUT2D eigenvalue weighted by atomic mass is 16.4. The number of hydrogen-bond acceptors (Lipinski definition) is 3.